The molecule has 0 unspecified atom stereocenters. The van der Waals surface area contributed by atoms with Gasteiger partial charge in [-0.3, -0.25) is 4.79 Å². The minimum atomic E-state index is -3.26. The van der Waals surface area contributed by atoms with E-state index in [9.17, 15) is 13.2 Å². The van der Waals surface area contributed by atoms with E-state index in [1.54, 1.807) is 48.5 Å². The molecule has 6 heteroatoms. The molecule has 132 valence electrons. The van der Waals surface area contributed by atoms with Crippen molar-refractivity contribution in [2.24, 2.45) is 0 Å². The van der Waals surface area contributed by atoms with Gasteiger partial charge in [0, 0.05) is 10.7 Å². The second-order valence-corrected chi connectivity index (χ2v) is 8.99. The molecular weight excluding hydrogens is 358 g/mol. The molecule has 2 aromatic rings. The van der Waals surface area contributed by atoms with Crippen molar-refractivity contribution in [2.45, 2.75) is 42.2 Å². The summed E-state index contributed by atoms with van der Waals surface area (Å²) in [5.74, 6) is -0.159. The molecule has 1 fully saturated rings. The Labute approximate surface area is 153 Å². The van der Waals surface area contributed by atoms with E-state index >= 15 is 0 Å². The van der Waals surface area contributed by atoms with E-state index in [0.29, 0.717) is 15.6 Å². The van der Waals surface area contributed by atoms with Crippen molar-refractivity contribution in [3.63, 3.8) is 0 Å². The summed E-state index contributed by atoms with van der Waals surface area (Å²) >= 11 is 5.83. The van der Waals surface area contributed by atoms with Gasteiger partial charge in [-0.2, -0.15) is 0 Å². The highest BCUT2D eigenvalue weighted by molar-refractivity contribution is 7.92. The van der Waals surface area contributed by atoms with Crippen molar-refractivity contribution in [2.75, 3.05) is 5.32 Å². The van der Waals surface area contributed by atoms with Crippen molar-refractivity contribution < 1.29 is 13.2 Å². The van der Waals surface area contributed by atoms with Gasteiger partial charge in [-0.05, 0) is 54.8 Å². The van der Waals surface area contributed by atoms with Crippen molar-refractivity contribution in [1.29, 1.82) is 0 Å². The summed E-state index contributed by atoms with van der Waals surface area (Å²) in [7, 11) is -3.26. The summed E-state index contributed by atoms with van der Waals surface area (Å²) in [4.78, 5) is 12.4. The SMILES string of the molecule is O=C(Cc1ccc(Cl)cc1)Nc1ccc(S(=O)(=O)C2CCCC2)cc1. The predicted molar refractivity (Wildman–Crippen MR) is 99.7 cm³/mol. The van der Waals surface area contributed by atoms with Gasteiger partial charge in [-0.25, -0.2) is 8.42 Å². The highest BCUT2D eigenvalue weighted by Gasteiger charge is 2.30. The van der Waals surface area contributed by atoms with E-state index < -0.39 is 9.84 Å². The third kappa shape index (κ3) is 4.41. The summed E-state index contributed by atoms with van der Waals surface area (Å²) in [6.07, 6.45) is 3.66. The predicted octanol–water partition coefficient (Wildman–Crippen LogP) is 4.24. The van der Waals surface area contributed by atoms with Crippen LogP contribution in [-0.4, -0.2) is 19.6 Å². The first-order valence-corrected chi connectivity index (χ1v) is 10.3. The van der Waals surface area contributed by atoms with Gasteiger partial charge < -0.3 is 5.32 Å². The monoisotopic (exact) mass is 377 g/mol. The van der Waals surface area contributed by atoms with Gasteiger partial charge in [0.25, 0.3) is 0 Å². The van der Waals surface area contributed by atoms with Crippen molar-refractivity contribution in [3.8, 4) is 0 Å². The Hall–Kier alpha value is -1.85. The number of carbonyl (C=O) groups excluding carboxylic acids is 1. The summed E-state index contributed by atoms with van der Waals surface area (Å²) in [6, 6.07) is 13.5. The molecule has 1 amide bonds. The Bertz CT molecular complexity index is 839. The molecule has 0 saturated heterocycles. The maximum atomic E-state index is 12.5. The maximum absolute atomic E-state index is 12.5. The van der Waals surface area contributed by atoms with Crippen LogP contribution in [0.2, 0.25) is 5.02 Å². The lowest BCUT2D eigenvalue weighted by atomic mass is 10.1. The number of sulfone groups is 1. The molecule has 25 heavy (non-hydrogen) atoms. The molecule has 0 bridgehead atoms. The molecule has 3 rings (SSSR count). The third-order valence-corrected chi connectivity index (χ3v) is 7.02. The van der Waals surface area contributed by atoms with Crippen LogP contribution in [0.4, 0.5) is 5.69 Å². The van der Waals surface area contributed by atoms with E-state index in [2.05, 4.69) is 5.32 Å². The van der Waals surface area contributed by atoms with E-state index in [1.165, 1.54) is 0 Å². The smallest absolute Gasteiger partial charge is 0.228 e. The fourth-order valence-electron chi connectivity index (χ4n) is 3.11. The minimum absolute atomic E-state index is 0.159. The van der Waals surface area contributed by atoms with Gasteiger partial charge in [0.05, 0.1) is 16.6 Å². The number of hydrogen-bond donors (Lipinski definition) is 1. The molecule has 1 saturated carbocycles. The fraction of sp³-hybridized carbons (Fsp3) is 0.316. The number of amides is 1. The Morgan fingerprint density at radius 1 is 1.00 bits per heavy atom. The first-order chi connectivity index (χ1) is 11.9. The number of carbonyl (C=O) groups is 1. The zero-order valence-electron chi connectivity index (χ0n) is 13.7. The summed E-state index contributed by atoms with van der Waals surface area (Å²) in [5.41, 5.74) is 1.45. The van der Waals surface area contributed by atoms with E-state index in [4.69, 9.17) is 11.6 Å². The van der Waals surface area contributed by atoms with Crippen LogP contribution in [0.5, 0.6) is 0 Å². The van der Waals surface area contributed by atoms with Crippen LogP contribution in [0.1, 0.15) is 31.2 Å². The van der Waals surface area contributed by atoms with E-state index in [1.807, 2.05) is 0 Å². The number of halogens is 1. The van der Waals surface area contributed by atoms with Gasteiger partial charge in [0.15, 0.2) is 9.84 Å². The van der Waals surface area contributed by atoms with Crippen molar-refractivity contribution in [1.82, 2.24) is 0 Å². The van der Waals surface area contributed by atoms with E-state index in [-0.39, 0.29) is 17.6 Å². The molecule has 4 nitrogen and oxygen atoms in total. The van der Waals surface area contributed by atoms with Crippen LogP contribution < -0.4 is 5.32 Å². The molecule has 0 atom stereocenters. The molecule has 0 aliphatic heterocycles. The Kier molecular flexibility index (Phi) is 5.45. The number of benzene rings is 2. The van der Waals surface area contributed by atoms with Gasteiger partial charge in [-0.1, -0.05) is 36.6 Å². The zero-order valence-corrected chi connectivity index (χ0v) is 15.3. The van der Waals surface area contributed by atoms with Gasteiger partial charge in [-0.15, -0.1) is 0 Å². The Balaban J connectivity index is 1.64. The van der Waals surface area contributed by atoms with Crippen LogP contribution in [0.15, 0.2) is 53.4 Å². The highest BCUT2D eigenvalue weighted by Crippen LogP contribution is 2.30. The summed E-state index contributed by atoms with van der Waals surface area (Å²) in [6.45, 7) is 0. The first-order valence-electron chi connectivity index (χ1n) is 8.33. The summed E-state index contributed by atoms with van der Waals surface area (Å²) < 4.78 is 25.1. The molecular formula is C19H20ClNO3S. The number of anilines is 1. The Morgan fingerprint density at radius 2 is 1.60 bits per heavy atom. The van der Waals surface area contributed by atoms with Crippen LogP contribution in [0.3, 0.4) is 0 Å². The zero-order chi connectivity index (χ0) is 17.9. The Morgan fingerprint density at radius 3 is 2.20 bits per heavy atom. The second kappa shape index (κ2) is 7.58. The molecule has 0 radical (unpaired) electrons. The standard InChI is InChI=1S/C19H20ClNO3S/c20-15-7-5-14(6-8-15)13-19(22)21-16-9-11-18(12-10-16)25(23,24)17-3-1-2-4-17/h5-12,17H,1-4,13H2,(H,21,22). The topological polar surface area (TPSA) is 63.2 Å². The lowest BCUT2D eigenvalue weighted by Gasteiger charge is -2.12. The quantitative estimate of drug-likeness (QED) is 0.847. The third-order valence-electron chi connectivity index (χ3n) is 4.49. The average molecular weight is 378 g/mol. The largest absolute Gasteiger partial charge is 0.326 e. The van der Waals surface area contributed by atoms with Crippen molar-refractivity contribution in [3.05, 3.63) is 59.1 Å². The van der Waals surface area contributed by atoms with Gasteiger partial charge in [0.2, 0.25) is 5.91 Å². The number of rotatable bonds is 5. The van der Waals surface area contributed by atoms with Gasteiger partial charge in [0.1, 0.15) is 0 Å². The lowest BCUT2D eigenvalue weighted by molar-refractivity contribution is -0.115. The molecule has 1 N–H and O–H groups in total. The summed E-state index contributed by atoms with van der Waals surface area (Å²) in [5, 5.41) is 3.15. The minimum Gasteiger partial charge on any atom is -0.326 e. The normalized spacial score (nSPS) is 15.2. The maximum Gasteiger partial charge on any atom is 0.228 e. The molecule has 1 aliphatic carbocycles. The number of hydrogen-bond acceptors (Lipinski definition) is 3. The van der Waals surface area contributed by atoms with Crippen LogP contribution in [-0.2, 0) is 21.1 Å². The number of nitrogens with one attached hydrogen (secondary N) is 1. The lowest BCUT2D eigenvalue weighted by Crippen LogP contribution is -2.18. The van der Waals surface area contributed by atoms with E-state index in [0.717, 1.165) is 31.2 Å². The first kappa shape index (κ1) is 18.0. The second-order valence-electron chi connectivity index (χ2n) is 6.33. The van der Waals surface area contributed by atoms with Crippen LogP contribution in [0.25, 0.3) is 0 Å². The molecule has 1 aliphatic rings. The molecule has 0 aromatic heterocycles. The molecule has 0 heterocycles. The fourth-order valence-corrected chi connectivity index (χ4v) is 5.09. The highest BCUT2D eigenvalue weighted by atomic mass is 35.5. The van der Waals surface area contributed by atoms with Crippen LogP contribution >= 0.6 is 11.6 Å². The molecule has 2 aromatic carbocycles. The molecule has 0 spiro atoms. The van der Waals surface area contributed by atoms with Crippen molar-refractivity contribution >= 4 is 33.0 Å². The average Bonchev–Trinajstić information content (AvgIpc) is 3.13. The van der Waals surface area contributed by atoms with Gasteiger partial charge >= 0.3 is 0 Å². The van der Waals surface area contributed by atoms with Crippen LogP contribution in [0, 0.1) is 0 Å².